The summed E-state index contributed by atoms with van der Waals surface area (Å²) in [7, 11) is 0. The second-order valence-corrected chi connectivity index (χ2v) is 2.85. The lowest BCUT2D eigenvalue weighted by molar-refractivity contribution is -0.128. The molecular formula is C9H17NO2. The molecule has 0 aromatic rings. The van der Waals surface area contributed by atoms with E-state index in [9.17, 15) is 4.79 Å². The van der Waals surface area contributed by atoms with Crippen LogP contribution in [0, 0.1) is 0 Å². The van der Waals surface area contributed by atoms with Crippen molar-refractivity contribution in [3.8, 4) is 0 Å². The summed E-state index contributed by atoms with van der Waals surface area (Å²) in [4.78, 5) is 12.9. The SMILES string of the molecule is C/C=C/C(=O)N(CCO)C(C)C. The Morgan fingerprint density at radius 3 is 2.50 bits per heavy atom. The Bertz CT molecular complexity index is 164. The minimum atomic E-state index is -0.0402. The molecule has 0 atom stereocenters. The predicted octanol–water partition coefficient (Wildman–Crippen LogP) is 0.792. The van der Waals surface area contributed by atoms with Crippen molar-refractivity contribution in [2.45, 2.75) is 26.8 Å². The Balaban J connectivity index is 4.19. The van der Waals surface area contributed by atoms with Gasteiger partial charge in [0, 0.05) is 12.6 Å². The Morgan fingerprint density at radius 2 is 2.17 bits per heavy atom. The zero-order valence-electron chi connectivity index (χ0n) is 7.95. The van der Waals surface area contributed by atoms with Crippen LogP contribution in [0.3, 0.4) is 0 Å². The van der Waals surface area contributed by atoms with E-state index in [1.165, 1.54) is 6.08 Å². The van der Waals surface area contributed by atoms with Crippen LogP contribution < -0.4 is 0 Å². The molecule has 1 N–H and O–H groups in total. The van der Waals surface area contributed by atoms with Gasteiger partial charge in [-0.05, 0) is 26.8 Å². The number of carbonyl (C=O) groups is 1. The standard InChI is InChI=1S/C9H17NO2/c1-4-5-9(12)10(6-7-11)8(2)3/h4-5,8,11H,6-7H2,1-3H3/b5-4+. The molecule has 0 radical (unpaired) electrons. The average molecular weight is 171 g/mol. The molecule has 12 heavy (non-hydrogen) atoms. The van der Waals surface area contributed by atoms with Crippen LogP contribution in [0.25, 0.3) is 0 Å². The van der Waals surface area contributed by atoms with Gasteiger partial charge in [-0.1, -0.05) is 6.08 Å². The molecule has 3 nitrogen and oxygen atoms in total. The van der Waals surface area contributed by atoms with Gasteiger partial charge in [-0.15, -0.1) is 0 Å². The third kappa shape index (κ3) is 3.53. The van der Waals surface area contributed by atoms with Crippen molar-refractivity contribution in [1.29, 1.82) is 0 Å². The van der Waals surface area contributed by atoms with Crippen molar-refractivity contribution in [2.24, 2.45) is 0 Å². The van der Waals surface area contributed by atoms with Crippen LogP contribution in [0.4, 0.5) is 0 Å². The molecule has 0 heterocycles. The van der Waals surface area contributed by atoms with Gasteiger partial charge in [-0.25, -0.2) is 0 Å². The van der Waals surface area contributed by atoms with E-state index >= 15 is 0 Å². The molecule has 0 aliphatic heterocycles. The zero-order chi connectivity index (χ0) is 9.56. The van der Waals surface area contributed by atoms with Crippen molar-refractivity contribution in [2.75, 3.05) is 13.2 Å². The van der Waals surface area contributed by atoms with Crippen LogP contribution in [0.15, 0.2) is 12.2 Å². The molecule has 0 bridgehead atoms. The van der Waals surface area contributed by atoms with Crippen LogP contribution >= 0.6 is 0 Å². The van der Waals surface area contributed by atoms with Gasteiger partial charge in [0.25, 0.3) is 0 Å². The number of allylic oxidation sites excluding steroid dienone is 1. The molecule has 70 valence electrons. The average Bonchev–Trinajstić information content (AvgIpc) is 1.99. The first-order chi connectivity index (χ1) is 5.63. The summed E-state index contributed by atoms with van der Waals surface area (Å²) in [5.74, 6) is -0.0402. The van der Waals surface area contributed by atoms with E-state index in [1.807, 2.05) is 13.8 Å². The fourth-order valence-electron chi connectivity index (χ4n) is 0.969. The van der Waals surface area contributed by atoms with Gasteiger partial charge in [-0.3, -0.25) is 4.79 Å². The van der Waals surface area contributed by atoms with Gasteiger partial charge in [-0.2, -0.15) is 0 Å². The molecule has 0 aromatic carbocycles. The molecular weight excluding hydrogens is 154 g/mol. The largest absolute Gasteiger partial charge is 0.395 e. The maximum absolute atomic E-state index is 11.3. The van der Waals surface area contributed by atoms with E-state index in [0.29, 0.717) is 6.54 Å². The highest BCUT2D eigenvalue weighted by Gasteiger charge is 2.12. The Hall–Kier alpha value is -0.830. The van der Waals surface area contributed by atoms with Gasteiger partial charge in [0.05, 0.1) is 6.61 Å². The lowest BCUT2D eigenvalue weighted by atomic mass is 10.3. The molecule has 0 unspecified atom stereocenters. The van der Waals surface area contributed by atoms with Crippen molar-refractivity contribution >= 4 is 5.91 Å². The Labute approximate surface area is 73.7 Å². The first-order valence-corrected chi connectivity index (χ1v) is 4.17. The van der Waals surface area contributed by atoms with E-state index in [4.69, 9.17) is 5.11 Å². The number of carbonyl (C=O) groups excluding carboxylic acids is 1. The van der Waals surface area contributed by atoms with Gasteiger partial charge >= 0.3 is 0 Å². The molecule has 1 amide bonds. The zero-order valence-corrected chi connectivity index (χ0v) is 7.95. The van der Waals surface area contributed by atoms with Crippen molar-refractivity contribution < 1.29 is 9.90 Å². The number of aliphatic hydroxyl groups excluding tert-OH is 1. The van der Waals surface area contributed by atoms with E-state index in [0.717, 1.165) is 0 Å². The highest BCUT2D eigenvalue weighted by Crippen LogP contribution is 1.98. The monoisotopic (exact) mass is 171 g/mol. The number of rotatable bonds is 4. The summed E-state index contributed by atoms with van der Waals surface area (Å²) >= 11 is 0. The molecule has 0 saturated carbocycles. The molecule has 3 heteroatoms. The highest BCUT2D eigenvalue weighted by molar-refractivity contribution is 5.87. The maximum atomic E-state index is 11.3. The molecule has 0 saturated heterocycles. The van der Waals surface area contributed by atoms with Crippen LogP contribution in [0.5, 0.6) is 0 Å². The van der Waals surface area contributed by atoms with E-state index in [1.54, 1.807) is 17.9 Å². The first-order valence-electron chi connectivity index (χ1n) is 4.17. The van der Waals surface area contributed by atoms with Gasteiger partial charge < -0.3 is 10.0 Å². The van der Waals surface area contributed by atoms with E-state index < -0.39 is 0 Å². The molecule has 0 rings (SSSR count). The Kier molecular flexibility index (Phi) is 5.37. The maximum Gasteiger partial charge on any atom is 0.246 e. The lowest BCUT2D eigenvalue weighted by Crippen LogP contribution is -2.37. The van der Waals surface area contributed by atoms with Gasteiger partial charge in [0.2, 0.25) is 5.91 Å². The summed E-state index contributed by atoms with van der Waals surface area (Å²) in [5, 5.41) is 8.68. The van der Waals surface area contributed by atoms with Crippen LogP contribution in [-0.4, -0.2) is 35.1 Å². The fourth-order valence-corrected chi connectivity index (χ4v) is 0.969. The second-order valence-electron chi connectivity index (χ2n) is 2.85. The highest BCUT2D eigenvalue weighted by atomic mass is 16.3. The first kappa shape index (κ1) is 11.2. The number of aliphatic hydroxyl groups is 1. The number of hydrogen-bond donors (Lipinski definition) is 1. The topological polar surface area (TPSA) is 40.5 Å². The summed E-state index contributed by atoms with van der Waals surface area (Å²) in [5.41, 5.74) is 0. The molecule has 0 spiro atoms. The lowest BCUT2D eigenvalue weighted by Gasteiger charge is -2.24. The normalized spacial score (nSPS) is 11.1. The minimum Gasteiger partial charge on any atom is -0.395 e. The fraction of sp³-hybridized carbons (Fsp3) is 0.667. The van der Waals surface area contributed by atoms with Gasteiger partial charge in [0.1, 0.15) is 0 Å². The van der Waals surface area contributed by atoms with Crippen LogP contribution in [-0.2, 0) is 4.79 Å². The van der Waals surface area contributed by atoms with Gasteiger partial charge in [0.15, 0.2) is 0 Å². The van der Waals surface area contributed by atoms with E-state index in [-0.39, 0.29) is 18.6 Å². The molecule has 0 aromatic heterocycles. The third-order valence-corrected chi connectivity index (χ3v) is 1.56. The van der Waals surface area contributed by atoms with Crippen molar-refractivity contribution in [1.82, 2.24) is 4.90 Å². The predicted molar refractivity (Wildman–Crippen MR) is 48.7 cm³/mol. The van der Waals surface area contributed by atoms with Crippen molar-refractivity contribution in [3.05, 3.63) is 12.2 Å². The summed E-state index contributed by atoms with van der Waals surface area (Å²) in [6.45, 7) is 6.08. The molecule has 0 fully saturated rings. The smallest absolute Gasteiger partial charge is 0.246 e. The number of nitrogens with zero attached hydrogens (tertiary/aromatic N) is 1. The quantitative estimate of drug-likeness (QED) is 0.635. The van der Waals surface area contributed by atoms with E-state index in [2.05, 4.69) is 0 Å². The summed E-state index contributed by atoms with van der Waals surface area (Å²) in [6.07, 6.45) is 3.21. The number of hydrogen-bond acceptors (Lipinski definition) is 2. The molecule has 0 aliphatic rings. The Morgan fingerprint density at radius 1 is 1.58 bits per heavy atom. The summed E-state index contributed by atoms with van der Waals surface area (Å²) < 4.78 is 0. The summed E-state index contributed by atoms with van der Waals surface area (Å²) in [6, 6.07) is 0.140. The second kappa shape index (κ2) is 5.77. The van der Waals surface area contributed by atoms with Crippen LogP contribution in [0.1, 0.15) is 20.8 Å². The number of amides is 1. The molecule has 0 aliphatic carbocycles. The van der Waals surface area contributed by atoms with Crippen molar-refractivity contribution in [3.63, 3.8) is 0 Å². The third-order valence-electron chi connectivity index (χ3n) is 1.56. The van der Waals surface area contributed by atoms with Crippen LogP contribution in [0.2, 0.25) is 0 Å². The minimum absolute atomic E-state index is 0.0154.